The van der Waals surface area contributed by atoms with Crippen LogP contribution < -0.4 is 10.7 Å². The van der Waals surface area contributed by atoms with Crippen LogP contribution in [0.2, 0.25) is 0 Å². The third-order valence-electron chi connectivity index (χ3n) is 5.22. The number of H-pyrrole nitrogens is 1. The Hall–Kier alpha value is -2.36. The van der Waals surface area contributed by atoms with Crippen LogP contribution in [0.5, 0.6) is 0 Å². The molecule has 6 nitrogen and oxygen atoms in total. The number of aromatic amines is 1. The fraction of sp³-hybridized carbons (Fsp3) is 0.500. The summed E-state index contributed by atoms with van der Waals surface area (Å²) in [5.74, 6) is 1.10. The van der Waals surface area contributed by atoms with E-state index in [1.54, 1.807) is 12.1 Å². The first kappa shape index (κ1) is 18.4. The summed E-state index contributed by atoms with van der Waals surface area (Å²) < 4.78 is 0. The zero-order valence-electron chi connectivity index (χ0n) is 15.7. The lowest BCUT2D eigenvalue weighted by atomic mass is 10.1. The summed E-state index contributed by atoms with van der Waals surface area (Å²) in [6.07, 6.45) is 3.95. The van der Waals surface area contributed by atoms with Gasteiger partial charge in [0.05, 0.1) is 17.7 Å². The molecule has 0 bridgehead atoms. The van der Waals surface area contributed by atoms with Crippen molar-refractivity contribution in [3.8, 4) is 6.07 Å². The molecule has 3 N–H and O–H groups in total. The molecule has 0 aliphatic heterocycles. The van der Waals surface area contributed by atoms with Gasteiger partial charge in [-0.15, -0.1) is 0 Å². The molecule has 138 valence electrons. The minimum Gasteiger partial charge on any atom is -0.361 e. The van der Waals surface area contributed by atoms with Crippen LogP contribution >= 0.6 is 0 Å². The molecule has 1 saturated carbocycles. The normalized spacial score (nSPS) is 19.9. The third kappa shape index (κ3) is 3.74. The number of hydrogen-bond donors (Lipinski definition) is 3. The summed E-state index contributed by atoms with van der Waals surface area (Å²) in [5.41, 5.74) is 6.09. The maximum Gasteiger partial charge on any atom is 0.253 e. The summed E-state index contributed by atoms with van der Waals surface area (Å²) in [6, 6.07) is 7.83. The molecule has 3 unspecified atom stereocenters. The second-order valence-electron chi connectivity index (χ2n) is 7.00. The molecular weight excluding hydrogens is 326 g/mol. The summed E-state index contributed by atoms with van der Waals surface area (Å²) in [7, 11) is 1.77. The molecule has 2 aromatic rings. The van der Waals surface area contributed by atoms with Gasteiger partial charge in [0.2, 0.25) is 0 Å². The molecule has 1 aromatic carbocycles. The van der Waals surface area contributed by atoms with Gasteiger partial charge in [-0.2, -0.15) is 5.26 Å². The topological polar surface area (TPSA) is 84.0 Å². The Morgan fingerprint density at radius 3 is 2.96 bits per heavy atom. The maximum atomic E-state index is 12.4. The molecule has 1 aromatic heterocycles. The minimum atomic E-state index is -0.159. The molecule has 26 heavy (non-hydrogen) atoms. The molecule has 0 radical (unpaired) electrons. The number of carbonyl (C=O) groups excluding carboxylic acids is 1. The van der Waals surface area contributed by atoms with Crippen molar-refractivity contribution in [1.82, 2.24) is 20.7 Å². The number of nitrogens with one attached hydrogen (secondary N) is 3. The lowest BCUT2D eigenvalue weighted by Gasteiger charge is -2.24. The van der Waals surface area contributed by atoms with Gasteiger partial charge in [-0.1, -0.05) is 13.8 Å². The summed E-state index contributed by atoms with van der Waals surface area (Å²) in [5, 5.41) is 15.3. The number of hydrogen-bond acceptors (Lipinski definition) is 4. The third-order valence-corrected chi connectivity index (χ3v) is 5.22. The number of hydrazine groups is 1. The second kappa shape index (κ2) is 7.90. The van der Waals surface area contributed by atoms with Crippen molar-refractivity contribution in [2.45, 2.75) is 38.6 Å². The Kier molecular flexibility index (Phi) is 5.60. The number of fused-ring (bicyclic) bond motifs is 1. The Morgan fingerprint density at radius 1 is 1.46 bits per heavy atom. The van der Waals surface area contributed by atoms with Gasteiger partial charge in [-0.3, -0.25) is 9.80 Å². The Balaban J connectivity index is 1.61. The molecule has 1 heterocycles. The van der Waals surface area contributed by atoms with E-state index in [4.69, 9.17) is 5.26 Å². The van der Waals surface area contributed by atoms with E-state index in [0.717, 1.165) is 36.8 Å². The number of rotatable bonds is 8. The average Bonchev–Trinajstić information content (AvgIpc) is 3.30. The molecule has 3 rings (SSSR count). The average molecular weight is 353 g/mol. The summed E-state index contributed by atoms with van der Waals surface area (Å²) in [4.78, 5) is 15.7. The van der Waals surface area contributed by atoms with Gasteiger partial charge in [0, 0.05) is 30.7 Å². The van der Waals surface area contributed by atoms with Crippen LogP contribution in [0.1, 0.15) is 43.7 Å². The van der Waals surface area contributed by atoms with Crippen LogP contribution in [0.3, 0.4) is 0 Å². The van der Waals surface area contributed by atoms with Crippen molar-refractivity contribution >= 4 is 16.8 Å². The number of nitriles is 1. The van der Waals surface area contributed by atoms with Crippen molar-refractivity contribution in [3.05, 3.63) is 35.5 Å². The van der Waals surface area contributed by atoms with Crippen molar-refractivity contribution in [3.63, 3.8) is 0 Å². The maximum absolute atomic E-state index is 12.4. The van der Waals surface area contributed by atoms with E-state index in [1.807, 2.05) is 32.0 Å². The van der Waals surface area contributed by atoms with Gasteiger partial charge in [0.15, 0.2) is 0 Å². The highest BCUT2D eigenvalue weighted by Gasteiger charge is 2.40. The highest BCUT2D eigenvalue weighted by atomic mass is 16.2. The monoisotopic (exact) mass is 353 g/mol. The first-order valence-corrected chi connectivity index (χ1v) is 9.34. The van der Waals surface area contributed by atoms with E-state index in [9.17, 15) is 4.79 Å². The van der Waals surface area contributed by atoms with Crippen LogP contribution in [0, 0.1) is 17.2 Å². The Bertz CT molecular complexity index is 821. The fourth-order valence-corrected chi connectivity index (χ4v) is 3.62. The number of nitrogens with zero attached hydrogens (tertiary/aromatic N) is 2. The molecule has 1 amide bonds. The molecule has 1 aliphatic carbocycles. The molecular formula is C20H27N5O. The standard InChI is InChI=1S/C20H27N5O/c1-4-18(20(26)25(3)24-5-2)22-11-14-9-15(14)17-12-23-19-7-6-13(10-21)8-16(17)19/h6-8,12,14-15,18,22-24H,4-5,9,11H2,1-3H3. The van der Waals surface area contributed by atoms with Gasteiger partial charge in [-0.25, -0.2) is 5.43 Å². The van der Waals surface area contributed by atoms with E-state index in [0.29, 0.717) is 17.4 Å². The van der Waals surface area contributed by atoms with Gasteiger partial charge < -0.3 is 10.3 Å². The molecule has 0 saturated heterocycles. The predicted octanol–water partition coefficient (Wildman–Crippen LogP) is 2.49. The SMILES string of the molecule is CCNN(C)C(=O)C(CC)NCC1CC1c1c[nH]c2ccc(C#N)cc12. The van der Waals surface area contributed by atoms with E-state index in [2.05, 4.69) is 28.0 Å². The smallest absolute Gasteiger partial charge is 0.253 e. The first-order valence-electron chi connectivity index (χ1n) is 9.34. The number of amides is 1. The fourth-order valence-electron chi connectivity index (χ4n) is 3.62. The van der Waals surface area contributed by atoms with Crippen LogP contribution in [0.4, 0.5) is 0 Å². The van der Waals surface area contributed by atoms with Crippen molar-refractivity contribution in [2.24, 2.45) is 5.92 Å². The molecule has 6 heteroatoms. The number of carbonyl (C=O) groups is 1. The Morgan fingerprint density at radius 2 is 2.27 bits per heavy atom. The zero-order chi connectivity index (χ0) is 18.7. The van der Waals surface area contributed by atoms with Crippen molar-refractivity contribution in [1.29, 1.82) is 5.26 Å². The largest absolute Gasteiger partial charge is 0.361 e. The van der Waals surface area contributed by atoms with E-state index in [1.165, 1.54) is 5.56 Å². The van der Waals surface area contributed by atoms with Crippen LogP contribution in [-0.2, 0) is 4.79 Å². The second-order valence-corrected chi connectivity index (χ2v) is 7.00. The molecule has 0 spiro atoms. The zero-order valence-corrected chi connectivity index (χ0v) is 15.7. The predicted molar refractivity (Wildman–Crippen MR) is 102 cm³/mol. The number of aromatic nitrogens is 1. The lowest BCUT2D eigenvalue weighted by Crippen LogP contribution is -2.50. The molecule has 3 atom stereocenters. The van der Waals surface area contributed by atoms with E-state index >= 15 is 0 Å². The van der Waals surface area contributed by atoms with Gasteiger partial charge in [-0.05, 0) is 55.0 Å². The van der Waals surface area contributed by atoms with Crippen LogP contribution in [0.25, 0.3) is 10.9 Å². The first-order chi connectivity index (χ1) is 12.6. The van der Waals surface area contributed by atoms with Gasteiger partial charge >= 0.3 is 0 Å². The van der Waals surface area contributed by atoms with Crippen LogP contribution in [-0.4, -0.2) is 42.1 Å². The van der Waals surface area contributed by atoms with Gasteiger partial charge in [0.1, 0.15) is 0 Å². The molecule has 1 aliphatic rings. The van der Waals surface area contributed by atoms with Crippen LogP contribution in [0.15, 0.2) is 24.4 Å². The van der Waals surface area contributed by atoms with Gasteiger partial charge in [0.25, 0.3) is 5.91 Å². The highest BCUT2D eigenvalue weighted by molar-refractivity contribution is 5.85. The highest BCUT2D eigenvalue weighted by Crippen LogP contribution is 2.49. The van der Waals surface area contributed by atoms with Crippen molar-refractivity contribution in [2.75, 3.05) is 20.1 Å². The number of likely N-dealkylation sites (N-methyl/N-ethyl adjacent to an activating group) is 1. The van der Waals surface area contributed by atoms with E-state index < -0.39 is 0 Å². The van der Waals surface area contributed by atoms with Crippen molar-refractivity contribution < 1.29 is 4.79 Å². The minimum absolute atomic E-state index is 0.0808. The Labute approximate surface area is 154 Å². The lowest BCUT2D eigenvalue weighted by molar-refractivity contribution is -0.135. The molecule has 1 fully saturated rings. The quantitative estimate of drug-likeness (QED) is 0.637. The summed E-state index contributed by atoms with van der Waals surface area (Å²) in [6.45, 7) is 5.57. The number of benzene rings is 1. The summed E-state index contributed by atoms with van der Waals surface area (Å²) >= 11 is 0. The van der Waals surface area contributed by atoms with E-state index in [-0.39, 0.29) is 11.9 Å².